The highest BCUT2D eigenvalue weighted by molar-refractivity contribution is 5.97. The lowest BCUT2D eigenvalue weighted by atomic mass is 10.1. The van der Waals surface area contributed by atoms with Crippen molar-refractivity contribution >= 4 is 5.84 Å². The van der Waals surface area contributed by atoms with Crippen LogP contribution in [-0.2, 0) is 14.1 Å². The van der Waals surface area contributed by atoms with Gasteiger partial charge in [-0.1, -0.05) is 12.1 Å². The molecule has 20 heavy (non-hydrogen) atoms. The third kappa shape index (κ3) is 3.51. The fourth-order valence-electron chi connectivity index (χ4n) is 2.02. The highest BCUT2D eigenvalue weighted by Gasteiger charge is 2.10. The number of rotatable bonds is 3. The minimum absolute atomic E-state index is 0. The van der Waals surface area contributed by atoms with Gasteiger partial charge in [0.15, 0.2) is 11.5 Å². The molecule has 0 spiro atoms. The molecule has 0 unspecified atom stereocenters. The first-order chi connectivity index (χ1) is 8.97. The molecule has 0 saturated heterocycles. The van der Waals surface area contributed by atoms with Gasteiger partial charge in [-0.05, 0) is 12.1 Å². The Morgan fingerprint density at radius 1 is 1.25 bits per heavy atom. The number of nitrogens with zero attached hydrogens (tertiary/aromatic N) is 4. The van der Waals surface area contributed by atoms with Gasteiger partial charge in [0.2, 0.25) is 6.33 Å². The van der Waals surface area contributed by atoms with E-state index in [2.05, 4.69) is 28.0 Å². The SMILES string of the molecule is CN(C)/N=C(\N)c1ccc(-c2c[n+](C)cn2C)cc1.[Cl-]. The molecule has 2 N–H and O–H groups in total. The Bertz CT molecular complexity index is 599. The van der Waals surface area contributed by atoms with Gasteiger partial charge in [-0.2, -0.15) is 5.10 Å². The number of nitrogens with two attached hydrogens (primary N) is 1. The van der Waals surface area contributed by atoms with Crippen LogP contribution in [0.25, 0.3) is 11.3 Å². The average molecular weight is 294 g/mol. The van der Waals surface area contributed by atoms with Crippen LogP contribution in [0.4, 0.5) is 0 Å². The number of halogens is 1. The maximum atomic E-state index is 5.92. The van der Waals surface area contributed by atoms with Gasteiger partial charge in [0.1, 0.15) is 6.20 Å². The van der Waals surface area contributed by atoms with Crippen LogP contribution in [0.3, 0.4) is 0 Å². The van der Waals surface area contributed by atoms with E-state index in [0.29, 0.717) is 5.84 Å². The molecule has 1 aromatic carbocycles. The third-order valence-corrected chi connectivity index (χ3v) is 2.85. The lowest BCUT2D eigenvalue weighted by molar-refractivity contribution is -0.670. The van der Waals surface area contributed by atoms with Crippen molar-refractivity contribution in [1.29, 1.82) is 0 Å². The molecule has 6 heteroatoms. The largest absolute Gasteiger partial charge is 1.00 e. The fourth-order valence-corrected chi connectivity index (χ4v) is 2.02. The Morgan fingerprint density at radius 2 is 1.85 bits per heavy atom. The first-order valence-corrected chi connectivity index (χ1v) is 6.11. The smallest absolute Gasteiger partial charge is 0.243 e. The van der Waals surface area contributed by atoms with Gasteiger partial charge in [-0.25, -0.2) is 9.13 Å². The molecule has 0 aliphatic carbocycles. The molecule has 0 aliphatic rings. The zero-order chi connectivity index (χ0) is 14.0. The van der Waals surface area contributed by atoms with Gasteiger partial charge in [-0.15, -0.1) is 0 Å². The summed E-state index contributed by atoms with van der Waals surface area (Å²) < 4.78 is 4.12. The van der Waals surface area contributed by atoms with Crippen molar-refractivity contribution in [3.63, 3.8) is 0 Å². The van der Waals surface area contributed by atoms with Gasteiger partial charge >= 0.3 is 0 Å². The summed E-state index contributed by atoms with van der Waals surface area (Å²) in [4.78, 5) is 0. The molecule has 0 radical (unpaired) electrons. The van der Waals surface area contributed by atoms with E-state index in [1.165, 1.54) is 0 Å². The highest BCUT2D eigenvalue weighted by Crippen LogP contribution is 2.17. The summed E-state index contributed by atoms with van der Waals surface area (Å²) in [6.45, 7) is 0. The van der Waals surface area contributed by atoms with Crippen LogP contribution in [0.2, 0.25) is 0 Å². The molecule has 0 amide bonds. The molecule has 1 aromatic heterocycles. The standard InChI is InChI=1S/C14H20N5.ClH/c1-17(2)16-14(15)12-7-5-11(6-8-12)13-9-18(3)10-19(13)4;/h5-10H,1-4H3,(H2,15,16);1H/q+1;/p-1. The van der Waals surface area contributed by atoms with Crippen molar-refractivity contribution in [2.45, 2.75) is 0 Å². The first-order valence-electron chi connectivity index (χ1n) is 6.11. The van der Waals surface area contributed by atoms with Crippen LogP contribution in [0, 0.1) is 0 Å². The quantitative estimate of drug-likeness (QED) is 0.300. The third-order valence-electron chi connectivity index (χ3n) is 2.85. The van der Waals surface area contributed by atoms with Gasteiger partial charge < -0.3 is 23.1 Å². The number of hydrazone groups is 1. The van der Waals surface area contributed by atoms with Crippen LogP contribution in [-0.4, -0.2) is 29.5 Å². The number of aromatic nitrogens is 2. The van der Waals surface area contributed by atoms with E-state index in [0.717, 1.165) is 16.8 Å². The van der Waals surface area contributed by atoms with E-state index in [1.807, 2.05) is 51.2 Å². The second-order valence-corrected chi connectivity index (χ2v) is 4.82. The molecule has 0 aliphatic heterocycles. The van der Waals surface area contributed by atoms with E-state index in [-0.39, 0.29) is 12.4 Å². The van der Waals surface area contributed by atoms with Crippen molar-refractivity contribution in [2.75, 3.05) is 14.1 Å². The normalized spacial score (nSPS) is 11.1. The summed E-state index contributed by atoms with van der Waals surface area (Å²) in [5.41, 5.74) is 9.17. The van der Waals surface area contributed by atoms with E-state index >= 15 is 0 Å². The zero-order valence-corrected chi connectivity index (χ0v) is 13.0. The summed E-state index contributed by atoms with van der Waals surface area (Å²) in [6, 6.07) is 8.10. The first kappa shape index (κ1) is 16.0. The second-order valence-electron chi connectivity index (χ2n) is 4.82. The molecule has 0 atom stereocenters. The van der Waals surface area contributed by atoms with Crippen LogP contribution >= 0.6 is 0 Å². The van der Waals surface area contributed by atoms with Gasteiger partial charge in [0.25, 0.3) is 0 Å². The maximum Gasteiger partial charge on any atom is 0.243 e. The Balaban J connectivity index is 0.00000200. The Morgan fingerprint density at radius 3 is 2.30 bits per heavy atom. The number of amidine groups is 1. The minimum atomic E-state index is 0. The van der Waals surface area contributed by atoms with Crippen LogP contribution in [0.5, 0.6) is 0 Å². The van der Waals surface area contributed by atoms with Crippen LogP contribution < -0.4 is 22.7 Å². The predicted molar refractivity (Wildman–Crippen MR) is 76.4 cm³/mol. The number of imidazole rings is 1. The summed E-state index contributed by atoms with van der Waals surface area (Å²) in [5, 5.41) is 5.89. The highest BCUT2D eigenvalue weighted by atomic mass is 35.5. The molecule has 1 heterocycles. The summed E-state index contributed by atoms with van der Waals surface area (Å²) >= 11 is 0. The number of aryl methyl sites for hydroxylation is 2. The van der Waals surface area contributed by atoms with E-state index in [1.54, 1.807) is 5.01 Å². The molecule has 5 nitrogen and oxygen atoms in total. The van der Waals surface area contributed by atoms with Crippen LogP contribution in [0.1, 0.15) is 5.56 Å². The van der Waals surface area contributed by atoms with Crippen molar-refractivity contribution in [2.24, 2.45) is 24.9 Å². The molecule has 2 rings (SSSR count). The van der Waals surface area contributed by atoms with Gasteiger partial charge in [-0.3, -0.25) is 0 Å². The fraction of sp³-hybridized carbons (Fsp3) is 0.286. The van der Waals surface area contributed by atoms with Crippen molar-refractivity contribution < 1.29 is 17.0 Å². The average Bonchev–Trinajstić information content (AvgIpc) is 2.68. The van der Waals surface area contributed by atoms with E-state index in [4.69, 9.17) is 5.73 Å². The van der Waals surface area contributed by atoms with Gasteiger partial charge in [0, 0.05) is 25.2 Å². The molecule has 0 saturated carbocycles. The molecule has 108 valence electrons. The molecule has 0 fully saturated rings. The topological polar surface area (TPSA) is 50.4 Å². The van der Waals surface area contributed by atoms with E-state index in [9.17, 15) is 0 Å². The summed E-state index contributed by atoms with van der Waals surface area (Å²) in [7, 11) is 7.75. The molecular weight excluding hydrogens is 274 g/mol. The Hall–Kier alpha value is -2.01. The van der Waals surface area contributed by atoms with Crippen LogP contribution in [0.15, 0.2) is 41.9 Å². The molecular formula is C14H20ClN5. The number of hydrogen-bond donors (Lipinski definition) is 1. The van der Waals surface area contributed by atoms with Crippen molar-refractivity contribution in [1.82, 2.24) is 9.58 Å². The predicted octanol–water partition coefficient (Wildman–Crippen LogP) is -2.30. The lowest BCUT2D eigenvalue weighted by Crippen LogP contribution is -3.00. The monoisotopic (exact) mass is 293 g/mol. The minimum Gasteiger partial charge on any atom is -1.00 e. The number of hydrogen-bond acceptors (Lipinski definition) is 2. The van der Waals surface area contributed by atoms with E-state index < -0.39 is 0 Å². The second kappa shape index (κ2) is 6.43. The van der Waals surface area contributed by atoms with Crippen molar-refractivity contribution in [3.05, 3.63) is 42.4 Å². The summed E-state index contributed by atoms with van der Waals surface area (Å²) in [6.07, 6.45) is 4.12. The van der Waals surface area contributed by atoms with Crippen molar-refractivity contribution in [3.8, 4) is 11.3 Å². The molecule has 0 bridgehead atoms. The number of benzene rings is 1. The lowest BCUT2D eigenvalue weighted by Gasteiger charge is -2.07. The Kier molecular flexibility index (Phi) is 5.16. The summed E-state index contributed by atoms with van der Waals surface area (Å²) in [5.74, 6) is 0.522. The maximum absolute atomic E-state index is 5.92. The van der Waals surface area contributed by atoms with Gasteiger partial charge in [0.05, 0.1) is 14.1 Å². The molecule has 2 aromatic rings. The Labute approximate surface area is 125 Å². The zero-order valence-electron chi connectivity index (χ0n) is 12.2.